The quantitative estimate of drug-likeness (QED) is 0.533. The standard InChI is InChI=1S/C9H14ClNO4/c1-6(12)14-5-8(13)7-4-15-9(2,3)11(7)10/h7H,4-5H2,1-3H3. The van der Waals surface area contributed by atoms with Crippen LogP contribution in [-0.2, 0) is 19.1 Å². The highest BCUT2D eigenvalue weighted by Crippen LogP contribution is 2.29. The number of Topliss-reactive ketones (excluding diaryl/α,β-unsaturated/α-hetero) is 1. The second-order valence-corrected chi connectivity index (χ2v) is 4.20. The van der Waals surface area contributed by atoms with Crippen molar-refractivity contribution in [3.05, 3.63) is 0 Å². The molecule has 0 spiro atoms. The van der Waals surface area contributed by atoms with Crippen molar-refractivity contribution in [3.63, 3.8) is 0 Å². The van der Waals surface area contributed by atoms with Gasteiger partial charge < -0.3 is 9.47 Å². The van der Waals surface area contributed by atoms with Gasteiger partial charge in [-0.3, -0.25) is 9.59 Å². The lowest BCUT2D eigenvalue weighted by molar-refractivity contribution is -0.146. The Morgan fingerprint density at radius 2 is 2.20 bits per heavy atom. The van der Waals surface area contributed by atoms with Gasteiger partial charge in [0.2, 0.25) is 0 Å². The number of ketones is 1. The molecular weight excluding hydrogens is 222 g/mol. The molecule has 0 aromatic rings. The first-order chi connectivity index (χ1) is 6.84. The number of halogens is 1. The summed E-state index contributed by atoms with van der Waals surface area (Å²) in [6.07, 6.45) is 0. The minimum atomic E-state index is -0.669. The third-order valence-electron chi connectivity index (χ3n) is 2.17. The zero-order chi connectivity index (χ0) is 11.6. The highest BCUT2D eigenvalue weighted by Gasteiger charge is 2.43. The maximum absolute atomic E-state index is 11.6. The molecule has 0 aromatic carbocycles. The predicted molar refractivity (Wildman–Crippen MR) is 53.2 cm³/mol. The van der Waals surface area contributed by atoms with Gasteiger partial charge >= 0.3 is 5.97 Å². The molecule has 86 valence electrons. The van der Waals surface area contributed by atoms with Crippen LogP contribution in [0, 0.1) is 0 Å². The number of carbonyl (C=O) groups excluding carboxylic acids is 2. The molecule has 1 heterocycles. The third kappa shape index (κ3) is 2.90. The zero-order valence-electron chi connectivity index (χ0n) is 8.95. The molecule has 0 N–H and O–H groups in total. The van der Waals surface area contributed by atoms with Crippen molar-refractivity contribution in [2.75, 3.05) is 13.2 Å². The fourth-order valence-electron chi connectivity index (χ4n) is 1.27. The fraction of sp³-hybridized carbons (Fsp3) is 0.778. The van der Waals surface area contributed by atoms with Gasteiger partial charge in [-0.25, -0.2) is 0 Å². The van der Waals surface area contributed by atoms with Crippen LogP contribution in [0.2, 0.25) is 0 Å². The molecule has 1 atom stereocenters. The summed E-state index contributed by atoms with van der Waals surface area (Å²) < 4.78 is 11.2. The van der Waals surface area contributed by atoms with Crippen LogP contribution in [-0.4, -0.2) is 41.2 Å². The number of nitrogens with zero attached hydrogens (tertiary/aromatic N) is 1. The Morgan fingerprint density at radius 1 is 1.60 bits per heavy atom. The predicted octanol–water partition coefficient (Wildman–Crippen LogP) is 0.709. The number of esters is 1. The van der Waals surface area contributed by atoms with Crippen LogP contribution in [0.3, 0.4) is 0 Å². The molecule has 1 rings (SSSR count). The minimum absolute atomic E-state index is 0.219. The van der Waals surface area contributed by atoms with E-state index < -0.39 is 17.7 Å². The van der Waals surface area contributed by atoms with Crippen LogP contribution in [0.4, 0.5) is 0 Å². The van der Waals surface area contributed by atoms with Crippen molar-refractivity contribution >= 4 is 23.5 Å². The summed E-state index contributed by atoms with van der Waals surface area (Å²) in [7, 11) is 0. The van der Waals surface area contributed by atoms with Crippen LogP contribution in [0.25, 0.3) is 0 Å². The highest BCUT2D eigenvalue weighted by atomic mass is 35.5. The molecule has 0 radical (unpaired) electrons. The summed E-state index contributed by atoms with van der Waals surface area (Å²) in [6.45, 7) is 4.73. The Balaban J connectivity index is 2.52. The molecule has 15 heavy (non-hydrogen) atoms. The molecule has 6 heteroatoms. The molecule has 1 unspecified atom stereocenters. The first-order valence-electron chi connectivity index (χ1n) is 4.60. The molecule has 1 aliphatic rings. The van der Waals surface area contributed by atoms with Gasteiger partial charge in [0, 0.05) is 6.92 Å². The molecule has 1 aliphatic heterocycles. The fourth-order valence-corrected chi connectivity index (χ4v) is 1.49. The number of hydrogen-bond acceptors (Lipinski definition) is 5. The molecule has 0 aliphatic carbocycles. The Kier molecular flexibility index (Phi) is 3.70. The van der Waals surface area contributed by atoms with Crippen molar-refractivity contribution < 1.29 is 19.1 Å². The lowest BCUT2D eigenvalue weighted by Gasteiger charge is -2.25. The van der Waals surface area contributed by atoms with Crippen LogP contribution < -0.4 is 0 Å². The molecule has 1 fully saturated rings. The Morgan fingerprint density at radius 3 is 2.60 bits per heavy atom. The molecule has 0 saturated carbocycles. The minimum Gasteiger partial charge on any atom is -0.458 e. The van der Waals surface area contributed by atoms with Crippen LogP contribution in [0.5, 0.6) is 0 Å². The van der Waals surface area contributed by atoms with Crippen LogP contribution in [0.15, 0.2) is 0 Å². The van der Waals surface area contributed by atoms with Gasteiger partial charge in [-0.2, -0.15) is 4.42 Å². The Hall–Kier alpha value is -0.650. The van der Waals surface area contributed by atoms with Gasteiger partial charge in [0.25, 0.3) is 0 Å². The van der Waals surface area contributed by atoms with E-state index in [1.165, 1.54) is 11.3 Å². The van der Waals surface area contributed by atoms with E-state index in [4.69, 9.17) is 16.5 Å². The van der Waals surface area contributed by atoms with Gasteiger partial charge in [-0.15, -0.1) is 0 Å². The lowest BCUT2D eigenvalue weighted by atomic mass is 10.2. The van der Waals surface area contributed by atoms with E-state index in [9.17, 15) is 9.59 Å². The van der Waals surface area contributed by atoms with E-state index in [0.29, 0.717) is 0 Å². The number of rotatable bonds is 3. The molecule has 0 amide bonds. The molecule has 5 nitrogen and oxygen atoms in total. The van der Waals surface area contributed by atoms with Crippen molar-refractivity contribution in [1.82, 2.24) is 4.42 Å². The van der Waals surface area contributed by atoms with Crippen molar-refractivity contribution in [1.29, 1.82) is 0 Å². The SMILES string of the molecule is CC(=O)OCC(=O)C1COC(C)(C)N1Cl. The maximum atomic E-state index is 11.6. The van der Waals surface area contributed by atoms with Crippen molar-refractivity contribution in [3.8, 4) is 0 Å². The smallest absolute Gasteiger partial charge is 0.303 e. The van der Waals surface area contributed by atoms with E-state index in [1.54, 1.807) is 13.8 Å². The van der Waals surface area contributed by atoms with Gasteiger partial charge in [-0.1, -0.05) is 0 Å². The number of carbonyl (C=O) groups is 2. The Bertz CT molecular complexity index is 279. The normalized spacial score (nSPS) is 25.2. The average molecular weight is 236 g/mol. The zero-order valence-corrected chi connectivity index (χ0v) is 9.71. The van der Waals surface area contributed by atoms with E-state index in [1.807, 2.05) is 0 Å². The lowest BCUT2D eigenvalue weighted by Crippen LogP contribution is -2.41. The van der Waals surface area contributed by atoms with Crippen LogP contribution in [0.1, 0.15) is 20.8 Å². The molecule has 1 saturated heterocycles. The third-order valence-corrected chi connectivity index (χ3v) is 2.81. The van der Waals surface area contributed by atoms with Crippen molar-refractivity contribution in [2.24, 2.45) is 0 Å². The second kappa shape index (κ2) is 4.47. The summed E-state index contributed by atoms with van der Waals surface area (Å²) in [5.74, 6) is -0.742. The van der Waals surface area contributed by atoms with Crippen LogP contribution >= 0.6 is 11.8 Å². The van der Waals surface area contributed by atoms with E-state index >= 15 is 0 Å². The summed E-state index contributed by atoms with van der Waals surface area (Å²) in [4.78, 5) is 22.1. The van der Waals surface area contributed by atoms with Gasteiger partial charge in [0.05, 0.1) is 6.61 Å². The van der Waals surface area contributed by atoms with E-state index in [2.05, 4.69) is 4.74 Å². The average Bonchev–Trinajstić information content (AvgIpc) is 2.39. The summed E-state index contributed by atoms with van der Waals surface area (Å²) in [5.41, 5.74) is -0.669. The molecular formula is C9H14ClNO4. The first-order valence-corrected chi connectivity index (χ1v) is 4.93. The first kappa shape index (κ1) is 12.4. The largest absolute Gasteiger partial charge is 0.458 e. The summed E-state index contributed by atoms with van der Waals surface area (Å²) in [5, 5.41) is 0. The van der Waals surface area contributed by atoms with E-state index in [0.717, 1.165) is 0 Å². The molecule has 0 aromatic heterocycles. The molecule has 0 bridgehead atoms. The number of hydrogen-bond donors (Lipinski definition) is 0. The maximum Gasteiger partial charge on any atom is 0.303 e. The van der Waals surface area contributed by atoms with Gasteiger partial charge in [-0.05, 0) is 25.6 Å². The van der Waals surface area contributed by atoms with Crippen molar-refractivity contribution in [2.45, 2.75) is 32.5 Å². The summed E-state index contributed by atoms with van der Waals surface area (Å²) in [6, 6.07) is -0.555. The second-order valence-electron chi connectivity index (χ2n) is 3.83. The topological polar surface area (TPSA) is 55.8 Å². The van der Waals surface area contributed by atoms with Gasteiger partial charge in [0.15, 0.2) is 12.4 Å². The highest BCUT2D eigenvalue weighted by molar-refractivity contribution is 6.15. The summed E-state index contributed by atoms with van der Waals surface area (Å²) >= 11 is 5.93. The number of ether oxygens (including phenoxy) is 2. The van der Waals surface area contributed by atoms with E-state index in [-0.39, 0.29) is 19.0 Å². The Labute approximate surface area is 93.4 Å². The monoisotopic (exact) mass is 235 g/mol. The van der Waals surface area contributed by atoms with Gasteiger partial charge in [0.1, 0.15) is 11.8 Å².